The molecule has 1 saturated heterocycles. The van der Waals surface area contributed by atoms with Gasteiger partial charge in [-0.15, -0.1) is 0 Å². The summed E-state index contributed by atoms with van der Waals surface area (Å²) in [6.45, 7) is 2.33. The van der Waals surface area contributed by atoms with Crippen LogP contribution in [0.1, 0.15) is 31.6 Å². The molecule has 2 atom stereocenters. The van der Waals surface area contributed by atoms with E-state index < -0.39 is 0 Å². The van der Waals surface area contributed by atoms with Gasteiger partial charge in [-0.2, -0.15) is 11.8 Å². The molecule has 14 heavy (non-hydrogen) atoms. The molecule has 1 aliphatic heterocycles. The fraction of sp³-hybridized carbons (Fsp3) is 0.636. The van der Waals surface area contributed by atoms with Crippen molar-refractivity contribution in [3.8, 4) is 0 Å². The predicted octanol–water partition coefficient (Wildman–Crippen LogP) is 2.83. The lowest BCUT2D eigenvalue weighted by Crippen LogP contribution is -2.35. The molecule has 78 valence electrons. The Morgan fingerprint density at radius 3 is 3.00 bits per heavy atom. The fourth-order valence-electron chi connectivity index (χ4n) is 2.23. The lowest BCUT2D eigenvalue weighted by molar-refractivity contribution is 0.363. The van der Waals surface area contributed by atoms with Gasteiger partial charge in [0.1, 0.15) is 5.76 Å². The van der Waals surface area contributed by atoms with E-state index in [0.717, 1.165) is 5.76 Å². The van der Waals surface area contributed by atoms with Gasteiger partial charge in [0.2, 0.25) is 0 Å². The second-order valence-electron chi connectivity index (χ2n) is 4.00. The van der Waals surface area contributed by atoms with Crippen LogP contribution in [0.15, 0.2) is 22.8 Å². The van der Waals surface area contributed by atoms with Gasteiger partial charge in [0.05, 0.1) is 12.3 Å². The van der Waals surface area contributed by atoms with Gasteiger partial charge in [-0.25, -0.2) is 0 Å². The Morgan fingerprint density at radius 1 is 1.64 bits per heavy atom. The highest BCUT2D eigenvalue weighted by atomic mass is 32.2. The van der Waals surface area contributed by atoms with Crippen LogP contribution in [-0.2, 0) is 0 Å². The first-order chi connectivity index (χ1) is 6.76. The molecule has 2 nitrogen and oxygen atoms in total. The van der Waals surface area contributed by atoms with Gasteiger partial charge in [0, 0.05) is 4.75 Å². The number of thioether (sulfide) groups is 1. The minimum absolute atomic E-state index is 0.298. The van der Waals surface area contributed by atoms with Crippen LogP contribution >= 0.6 is 11.8 Å². The Bertz CT molecular complexity index is 277. The number of rotatable bonds is 3. The van der Waals surface area contributed by atoms with Crippen LogP contribution in [-0.4, -0.2) is 17.5 Å². The smallest absolute Gasteiger partial charge is 0.122 e. The molecule has 0 amide bonds. The van der Waals surface area contributed by atoms with Gasteiger partial charge in [-0.05, 0) is 44.7 Å². The molecule has 1 aromatic heterocycles. The highest BCUT2D eigenvalue weighted by Crippen LogP contribution is 2.46. The van der Waals surface area contributed by atoms with Gasteiger partial charge in [0.25, 0.3) is 0 Å². The average molecular weight is 211 g/mol. The average Bonchev–Trinajstić information content (AvgIpc) is 2.78. The lowest BCUT2D eigenvalue weighted by atomic mass is 9.94. The topological polar surface area (TPSA) is 25.2 Å². The molecule has 1 aromatic rings. The second-order valence-corrected chi connectivity index (χ2v) is 5.63. The van der Waals surface area contributed by atoms with Gasteiger partial charge in [-0.1, -0.05) is 0 Å². The summed E-state index contributed by atoms with van der Waals surface area (Å²) < 4.78 is 5.79. The third-order valence-electron chi connectivity index (χ3n) is 2.98. The van der Waals surface area contributed by atoms with Gasteiger partial charge in [0.15, 0.2) is 0 Å². The largest absolute Gasteiger partial charge is 0.468 e. The molecule has 1 fully saturated rings. The van der Waals surface area contributed by atoms with E-state index in [0.29, 0.717) is 10.8 Å². The van der Waals surface area contributed by atoms with E-state index in [1.807, 2.05) is 13.1 Å². The maximum absolute atomic E-state index is 5.49. The van der Waals surface area contributed by atoms with Gasteiger partial charge in [-0.3, -0.25) is 0 Å². The predicted molar refractivity (Wildman–Crippen MR) is 60.6 cm³/mol. The molecule has 0 aliphatic carbocycles. The molecule has 2 heterocycles. The summed E-state index contributed by atoms with van der Waals surface area (Å²) in [6, 6.07) is 4.36. The molecular weight excluding hydrogens is 194 g/mol. The molecule has 0 bridgehead atoms. The maximum Gasteiger partial charge on any atom is 0.122 e. The van der Waals surface area contributed by atoms with Crippen molar-refractivity contribution in [2.24, 2.45) is 0 Å². The molecule has 0 aromatic carbocycles. The first-order valence-corrected chi connectivity index (χ1v) is 6.09. The van der Waals surface area contributed by atoms with Crippen LogP contribution < -0.4 is 5.32 Å². The summed E-state index contributed by atoms with van der Waals surface area (Å²) in [5.74, 6) is 2.33. The standard InChI is InChI=1S/C11H17NOS/c1-11(6-4-8-14-11)10(12-2)9-5-3-7-13-9/h3,5,7,10,12H,4,6,8H2,1-2H3. The van der Waals surface area contributed by atoms with Crippen LogP contribution in [0.3, 0.4) is 0 Å². The van der Waals surface area contributed by atoms with Crippen molar-refractivity contribution in [1.29, 1.82) is 0 Å². The highest BCUT2D eigenvalue weighted by molar-refractivity contribution is 8.00. The zero-order valence-corrected chi connectivity index (χ0v) is 9.56. The van der Waals surface area contributed by atoms with Crippen molar-refractivity contribution in [3.05, 3.63) is 24.2 Å². The Morgan fingerprint density at radius 2 is 2.50 bits per heavy atom. The van der Waals surface area contributed by atoms with Crippen LogP contribution in [0.4, 0.5) is 0 Å². The molecule has 2 rings (SSSR count). The second kappa shape index (κ2) is 3.99. The first-order valence-electron chi connectivity index (χ1n) is 5.11. The molecule has 2 unspecified atom stereocenters. The Labute approximate surface area is 89.4 Å². The van der Waals surface area contributed by atoms with Crippen LogP contribution in [0, 0.1) is 0 Å². The van der Waals surface area contributed by atoms with Crippen molar-refractivity contribution in [2.75, 3.05) is 12.8 Å². The Balaban J connectivity index is 2.20. The van der Waals surface area contributed by atoms with Crippen LogP contribution in [0.2, 0.25) is 0 Å². The van der Waals surface area contributed by atoms with Crippen LogP contribution in [0.25, 0.3) is 0 Å². The molecular formula is C11H17NOS. The normalized spacial score (nSPS) is 29.3. The summed E-state index contributed by atoms with van der Waals surface area (Å²) >= 11 is 2.05. The Hall–Kier alpha value is -0.410. The maximum atomic E-state index is 5.49. The lowest BCUT2D eigenvalue weighted by Gasteiger charge is -2.31. The van der Waals surface area contributed by atoms with Crippen molar-refractivity contribution in [1.82, 2.24) is 5.32 Å². The first kappa shape index (κ1) is 10.1. The van der Waals surface area contributed by atoms with E-state index in [1.165, 1.54) is 18.6 Å². The SMILES string of the molecule is CNC(c1ccco1)C1(C)CCCS1. The summed E-state index contributed by atoms with van der Waals surface area (Å²) in [5, 5.41) is 3.37. The quantitative estimate of drug-likeness (QED) is 0.832. The molecule has 0 saturated carbocycles. The minimum Gasteiger partial charge on any atom is -0.468 e. The monoisotopic (exact) mass is 211 g/mol. The number of hydrogen-bond donors (Lipinski definition) is 1. The van der Waals surface area contributed by atoms with E-state index >= 15 is 0 Å². The molecule has 0 radical (unpaired) electrons. The van der Waals surface area contributed by atoms with E-state index in [1.54, 1.807) is 6.26 Å². The fourth-order valence-corrected chi connectivity index (χ4v) is 3.68. The third-order valence-corrected chi connectivity index (χ3v) is 4.57. The molecule has 1 aliphatic rings. The van der Waals surface area contributed by atoms with Crippen molar-refractivity contribution >= 4 is 11.8 Å². The van der Waals surface area contributed by atoms with E-state index in [4.69, 9.17) is 4.42 Å². The van der Waals surface area contributed by atoms with Crippen molar-refractivity contribution < 1.29 is 4.42 Å². The highest BCUT2D eigenvalue weighted by Gasteiger charge is 2.39. The van der Waals surface area contributed by atoms with E-state index in [2.05, 4.69) is 30.1 Å². The molecule has 1 N–H and O–H groups in total. The number of nitrogens with one attached hydrogen (secondary N) is 1. The Kier molecular flexibility index (Phi) is 2.88. The summed E-state index contributed by atoms with van der Waals surface area (Å²) in [6.07, 6.45) is 4.34. The summed E-state index contributed by atoms with van der Waals surface area (Å²) in [7, 11) is 2.01. The molecule has 0 spiro atoms. The van der Waals surface area contributed by atoms with E-state index in [-0.39, 0.29) is 0 Å². The zero-order valence-electron chi connectivity index (χ0n) is 8.75. The van der Waals surface area contributed by atoms with Crippen LogP contribution in [0.5, 0.6) is 0 Å². The zero-order chi connectivity index (χ0) is 10.0. The van der Waals surface area contributed by atoms with Gasteiger partial charge < -0.3 is 9.73 Å². The summed E-state index contributed by atoms with van der Waals surface area (Å²) in [5.41, 5.74) is 0. The van der Waals surface area contributed by atoms with Crippen molar-refractivity contribution in [3.63, 3.8) is 0 Å². The summed E-state index contributed by atoms with van der Waals surface area (Å²) in [4.78, 5) is 0. The third kappa shape index (κ3) is 1.71. The molecule has 3 heteroatoms. The minimum atomic E-state index is 0.298. The van der Waals surface area contributed by atoms with E-state index in [9.17, 15) is 0 Å². The number of hydrogen-bond acceptors (Lipinski definition) is 3. The number of furan rings is 1. The van der Waals surface area contributed by atoms with Gasteiger partial charge >= 0.3 is 0 Å². The van der Waals surface area contributed by atoms with Crippen molar-refractivity contribution in [2.45, 2.75) is 30.6 Å².